The van der Waals surface area contributed by atoms with Gasteiger partial charge < -0.3 is 24.9 Å². The van der Waals surface area contributed by atoms with Crippen LogP contribution in [0, 0.1) is 5.41 Å². The van der Waals surface area contributed by atoms with Crippen LogP contribution in [0.25, 0.3) is 0 Å². The molecule has 7 heteroatoms. The van der Waals surface area contributed by atoms with Crippen LogP contribution in [0.3, 0.4) is 0 Å². The number of carbonyl (C=O) groups excluding carboxylic acids is 2. The minimum atomic E-state index is -0.497. The second kappa shape index (κ2) is 8.75. The molecule has 0 saturated carbocycles. The quantitative estimate of drug-likeness (QED) is 0.707. The highest BCUT2D eigenvalue weighted by molar-refractivity contribution is 5.91. The number of aldehydes is 1. The molecule has 2 atom stereocenters. The number of hydrogen-bond donors (Lipinski definition) is 1. The average molecular weight is 387 g/mol. The Balaban J connectivity index is 1.46. The third-order valence-electron chi connectivity index (χ3n) is 5.38. The van der Waals surface area contributed by atoms with Gasteiger partial charge in [0.15, 0.2) is 0 Å². The molecule has 1 amide bonds. The number of nitrogens with two attached hydrogens (primary N) is 1. The molecule has 152 valence electrons. The van der Waals surface area contributed by atoms with E-state index in [0.29, 0.717) is 19.5 Å². The van der Waals surface area contributed by atoms with Crippen molar-refractivity contribution in [2.24, 2.45) is 11.1 Å². The van der Waals surface area contributed by atoms with Crippen molar-refractivity contribution in [3.63, 3.8) is 0 Å². The molecular formula is C21H29N3O4. The summed E-state index contributed by atoms with van der Waals surface area (Å²) in [6.45, 7) is 7.39. The Morgan fingerprint density at radius 3 is 2.57 bits per heavy atom. The molecule has 2 aliphatic rings. The van der Waals surface area contributed by atoms with E-state index in [4.69, 9.17) is 15.2 Å². The summed E-state index contributed by atoms with van der Waals surface area (Å²) < 4.78 is 11.2. The molecule has 2 heterocycles. The summed E-state index contributed by atoms with van der Waals surface area (Å²) in [5, 5.41) is 0. The molecule has 7 nitrogen and oxygen atoms in total. The molecule has 1 fully saturated rings. The lowest BCUT2D eigenvalue weighted by atomic mass is 9.85. The molecule has 1 aromatic carbocycles. The largest absolute Gasteiger partial charge is 0.458 e. The zero-order valence-corrected chi connectivity index (χ0v) is 16.5. The van der Waals surface area contributed by atoms with Crippen LogP contribution in [0.4, 0.5) is 0 Å². The van der Waals surface area contributed by atoms with Gasteiger partial charge in [-0.3, -0.25) is 9.69 Å². The van der Waals surface area contributed by atoms with Gasteiger partial charge in [-0.1, -0.05) is 44.2 Å². The van der Waals surface area contributed by atoms with Crippen molar-refractivity contribution in [3.05, 3.63) is 47.9 Å². The SMILES string of the molecule is CC(C)(CN1CCN(C(=O)C2=COC(Cc3ccccc3)O2)CC1)C(N)C=O. The van der Waals surface area contributed by atoms with Crippen LogP contribution in [0.5, 0.6) is 0 Å². The van der Waals surface area contributed by atoms with E-state index in [-0.39, 0.29) is 17.1 Å². The fourth-order valence-corrected chi connectivity index (χ4v) is 3.46. The van der Waals surface area contributed by atoms with E-state index < -0.39 is 12.3 Å². The highest BCUT2D eigenvalue weighted by atomic mass is 16.7. The van der Waals surface area contributed by atoms with Crippen LogP contribution in [-0.2, 0) is 25.5 Å². The molecule has 28 heavy (non-hydrogen) atoms. The van der Waals surface area contributed by atoms with Crippen molar-refractivity contribution >= 4 is 12.2 Å². The third-order valence-corrected chi connectivity index (χ3v) is 5.38. The van der Waals surface area contributed by atoms with Crippen molar-refractivity contribution in [2.45, 2.75) is 32.6 Å². The number of nitrogens with zero attached hydrogens (tertiary/aromatic N) is 2. The summed E-state index contributed by atoms with van der Waals surface area (Å²) in [5.74, 6) is 0.122. The molecule has 1 aromatic rings. The van der Waals surface area contributed by atoms with E-state index in [1.807, 2.05) is 44.2 Å². The van der Waals surface area contributed by atoms with Crippen LogP contribution < -0.4 is 5.73 Å². The summed E-state index contributed by atoms with van der Waals surface area (Å²) in [4.78, 5) is 27.7. The van der Waals surface area contributed by atoms with Crippen molar-refractivity contribution < 1.29 is 19.1 Å². The van der Waals surface area contributed by atoms with Gasteiger partial charge in [0.1, 0.15) is 12.5 Å². The molecule has 2 aliphatic heterocycles. The predicted molar refractivity (Wildman–Crippen MR) is 105 cm³/mol. The van der Waals surface area contributed by atoms with Gasteiger partial charge >= 0.3 is 0 Å². The van der Waals surface area contributed by atoms with E-state index >= 15 is 0 Å². The summed E-state index contributed by atoms with van der Waals surface area (Å²) in [5.41, 5.74) is 6.69. The first-order valence-electron chi connectivity index (χ1n) is 9.68. The molecule has 2 N–H and O–H groups in total. The Labute approximate surface area is 166 Å². The topological polar surface area (TPSA) is 85.1 Å². The highest BCUT2D eigenvalue weighted by Gasteiger charge is 2.33. The third kappa shape index (κ3) is 4.91. The predicted octanol–water partition coefficient (Wildman–Crippen LogP) is 1.14. The van der Waals surface area contributed by atoms with Crippen LogP contribution in [0.15, 0.2) is 42.4 Å². The second-order valence-corrected chi connectivity index (χ2v) is 8.07. The van der Waals surface area contributed by atoms with Gasteiger partial charge in [-0.15, -0.1) is 0 Å². The number of rotatable bonds is 7. The summed E-state index contributed by atoms with van der Waals surface area (Å²) in [7, 11) is 0. The van der Waals surface area contributed by atoms with E-state index in [0.717, 1.165) is 31.5 Å². The number of hydrogen-bond acceptors (Lipinski definition) is 6. The second-order valence-electron chi connectivity index (χ2n) is 8.07. The molecule has 0 radical (unpaired) electrons. The number of ether oxygens (including phenoxy) is 2. The summed E-state index contributed by atoms with van der Waals surface area (Å²) in [6.07, 6.45) is 2.35. The molecule has 0 spiro atoms. The maximum Gasteiger partial charge on any atom is 0.292 e. The minimum absolute atomic E-state index is 0.140. The van der Waals surface area contributed by atoms with Crippen LogP contribution in [-0.4, -0.2) is 67.0 Å². The minimum Gasteiger partial charge on any atom is -0.458 e. The molecule has 1 saturated heterocycles. The zero-order chi connectivity index (χ0) is 20.1. The highest BCUT2D eigenvalue weighted by Crippen LogP contribution is 2.23. The lowest BCUT2D eigenvalue weighted by Crippen LogP contribution is -2.54. The van der Waals surface area contributed by atoms with Crippen molar-refractivity contribution in [1.29, 1.82) is 0 Å². The van der Waals surface area contributed by atoms with E-state index in [1.165, 1.54) is 6.26 Å². The molecule has 0 aliphatic carbocycles. The lowest BCUT2D eigenvalue weighted by molar-refractivity contribution is -0.135. The van der Waals surface area contributed by atoms with E-state index in [2.05, 4.69) is 4.90 Å². The number of carbonyl (C=O) groups is 2. The maximum atomic E-state index is 12.7. The summed E-state index contributed by atoms with van der Waals surface area (Å²) >= 11 is 0. The first-order valence-corrected chi connectivity index (χ1v) is 9.68. The van der Waals surface area contributed by atoms with E-state index in [9.17, 15) is 9.59 Å². The van der Waals surface area contributed by atoms with Gasteiger partial charge in [0.25, 0.3) is 5.91 Å². The Hall–Kier alpha value is -2.38. The molecule has 3 rings (SSSR count). The average Bonchev–Trinajstić information content (AvgIpc) is 3.16. The van der Waals surface area contributed by atoms with Gasteiger partial charge in [0.05, 0.1) is 6.04 Å². The van der Waals surface area contributed by atoms with Crippen molar-refractivity contribution in [2.75, 3.05) is 32.7 Å². The first-order chi connectivity index (χ1) is 13.4. The maximum absolute atomic E-state index is 12.7. The Kier molecular flexibility index (Phi) is 6.36. The fraction of sp³-hybridized carbons (Fsp3) is 0.524. The van der Waals surface area contributed by atoms with Gasteiger partial charge in [0.2, 0.25) is 12.0 Å². The van der Waals surface area contributed by atoms with E-state index in [1.54, 1.807) is 4.90 Å². The monoisotopic (exact) mass is 387 g/mol. The van der Waals surface area contributed by atoms with Crippen LogP contribution >= 0.6 is 0 Å². The Morgan fingerprint density at radius 1 is 1.25 bits per heavy atom. The fourth-order valence-electron chi connectivity index (χ4n) is 3.46. The number of amides is 1. The van der Waals surface area contributed by atoms with Gasteiger partial charge in [0, 0.05) is 39.1 Å². The van der Waals surface area contributed by atoms with Gasteiger partial charge in [-0.25, -0.2) is 0 Å². The molecule has 0 bridgehead atoms. The Morgan fingerprint density at radius 2 is 1.93 bits per heavy atom. The lowest BCUT2D eigenvalue weighted by Gasteiger charge is -2.39. The molecule has 2 unspecified atom stereocenters. The number of benzene rings is 1. The molecular weight excluding hydrogens is 358 g/mol. The molecule has 0 aromatic heterocycles. The zero-order valence-electron chi connectivity index (χ0n) is 16.5. The normalized spacial score (nSPS) is 21.5. The van der Waals surface area contributed by atoms with Crippen LogP contribution in [0.1, 0.15) is 19.4 Å². The standard InChI is InChI=1S/C21H29N3O4/c1-21(2,18(22)13-25)15-23-8-10-24(11-9-23)20(26)17-14-27-19(28-17)12-16-6-4-3-5-7-16/h3-7,13-14,18-19H,8-12,15,22H2,1-2H3. The summed E-state index contributed by atoms with van der Waals surface area (Å²) in [6, 6.07) is 9.40. The van der Waals surface area contributed by atoms with Gasteiger partial charge in [-0.05, 0) is 11.0 Å². The number of piperazine rings is 1. The first kappa shape index (κ1) is 20.4. The van der Waals surface area contributed by atoms with Crippen molar-refractivity contribution in [1.82, 2.24) is 9.80 Å². The van der Waals surface area contributed by atoms with Crippen molar-refractivity contribution in [3.8, 4) is 0 Å². The van der Waals surface area contributed by atoms with Gasteiger partial charge in [-0.2, -0.15) is 0 Å². The smallest absolute Gasteiger partial charge is 0.292 e. The Bertz CT molecular complexity index is 712. The van der Waals surface area contributed by atoms with Crippen LogP contribution in [0.2, 0.25) is 0 Å².